The van der Waals surface area contributed by atoms with Crippen LogP contribution in [0.1, 0.15) is 113 Å². The number of fused-ring (bicyclic) bond motifs is 5. The largest absolute Gasteiger partial charge is 0.481 e. The highest BCUT2D eigenvalue weighted by Crippen LogP contribution is 2.69. The molecule has 0 amide bonds. The first-order chi connectivity index (χ1) is 17.3. The first kappa shape index (κ1) is 28.8. The summed E-state index contributed by atoms with van der Waals surface area (Å²) in [7, 11) is 0. The zero-order valence-corrected chi connectivity index (χ0v) is 24.6. The molecule has 4 aliphatic rings. The van der Waals surface area contributed by atoms with Crippen LogP contribution in [-0.2, 0) is 9.59 Å². The van der Waals surface area contributed by atoms with Crippen molar-refractivity contribution in [3.63, 3.8) is 0 Å². The van der Waals surface area contributed by atoms with E-state index in [-0.39, 0.29) is 22.7 Å². The van der Waals surface area contributed by atoms with Gasteiger partial charge in [0.25, 0.3) is 0 Å². The molecule has 4 aliphatic carbocycles. The van der Waals surface area contributed by atoms with E-state index in [4.69, 9.17) is 0 Å². The van der Waals surface area contributed by atoms with Crippen LogP contribution >= 0.6 is 0 Å². The van der Waals surface area contributed by atoms with Gasteiger partial charge in [-0.3, -0.25) is 4.79 Å². The second-order valence-electron chi connectivity index (χ2n) is 15.2. The Morgan fingerprint density at radius 3 is 2.46 bits per heavy atom. The van der Waals surface area contributed by atoms with Gasteiger partial charge in [0.1, 0.15) is 6.29 Å². The van der Waals surface area contributed by atoms with Crippen LogP contribution in [-0.4, -0.2) is 28.6 Å². The molecule has 0 aliphatic heterocycles. The summed E-state index contributed by atoms with van der Waals surface area (Å²) in [4.78, 5) is 24.7. The second kappa shape index (κ2) is 10.4. The van der Waals surface area contributed by atoms with Crippen molar-refractivity contribution in [1.82, 2.24) is 0 Å². The van der Waals surface area contributed by atoms with Gasteiger partial charge in [0, 0.05) is 5.92 Å². The quantitative estimate of drug-likeness (QED) is 0.246. The van der Waals surface area contributed by atoms with Crippen LogP contribution in [0.15, 0.2) is 11.6 Å². The van der Waals surface area contributed by atoms with E-state index >= 15 is 0 Å². The Balaban J connectivity index is 1.65. The molecule has 0 saturated heterocycles. The Bertz CT molecular complexity index is 889. The first-order valence-electron chi connectivity index (χ1n) is 15.3. The van der Waals surface area contributed by atoms with Crippen molar-refractivity contribution in [3.05, 3.63) is 11.6 Å². The minimum Gasteiger partial charge on any atom is -0.481 e. The van der Waals surface area contributed by atoms with Gasteiger partial charge in [0.15, 0.2) is 0 Å². The van der Waals surface area contributed by atoms with Gasteiger partial charge >= 0.3 is 5.97 Å². The number of aliphatic hydroxyl groups is 1. The number of carboxylic acids is 1. The Hall–Kier alpha value is -1.16. The van der Waals surface area contributed by atoms with Gasteiger partial charge in [0.2, 0.25) is 0 Å². The summed E-state index contributed by atoms with van der Waals surface area (Å²) in [5, 5.41) is 20.8. The Morgan fingerprint density at radius 1 is 1.14 bits per heavy atom. The third kappa shape index (κ3) is 4.98. The van der Waals surface area contributed by atoms with E-state index in [1.54, 1.807) is 0 Å². The molecular formula is C33H54O4. The Morgan fingerprint density at radius 2 is 1.84 bits per heavy atom. The van der Waals surface area contributed by atoms with Crippen molar-refractivity contribution in [1.29, 1.82) is 0 Å². The van der Waals surface area contributed by atoms with Gasteiger partial charge in [-0.15, -0.1) is 0 Å². The molecule has 0 heterocycles. The molecule has 37 heavy (non-hydrogen) atoms. The average Bonchev–Trinajstić information content (AvgIpc) is 3.16. The Kier molecular flexibility index (Phi) is 8.13. The molecule has 2 N–H and O–H groups in total. The second-order valence-corrected chi connectivity index (χ2v) is 15.2. The number of rotatable bonds is 9. The maximum atomic E-state index is 12.6. The molecular weight excluding hydrogens is 460 g/mol. The molecule has 4 nitrogen and oxygen atoms in total. The van der Waals surface area contributed by atoms with Gasteiger partial charge in [-0.2, -0.15) is 0 Å². The smallest absolute Gasteiger partial charge is 0.309 e. The molecule has 3 fully saturated rings. The summed E-state index contributed by atoms with van der Waals surface area (Å²) in [5.74, 6) is 2.76. The zero-order valence-electron chi connectivity index (χ0n) is 24.6. The van der Waals surface area contributed by atoms with E-state index in [0.717, 1.165) is 24.2 Å². The number of hydrogen-bond donors (Lipinski definition) is 2. The van der Waals surface area contributed by atoms with Gasteiger partial charge in [-0.05, 0) is 111 Å². The molecule has 4 heteroatoms. The molecule has 0 bridgehead atoms. The molecule has 0 aromatic rings. The third-order valence-corrected chi connectivity index (χ3v) is 12.2. The number of carbonyl (C=O) groups excluding carboxylic acids is 1. The van der Waals surface area contributed by atoms with Crippen LogP contribution in [0.2, 0.25) is 0 Å². The van der Waals surface area contributed by atoms with Gasteiger partial charge in [-0.1, -0.05) is 65.5 Å². The van der Waals surface area contributed by atoms with Crippen LogP contribution in [0.5, 0.6) is 0 Å². The molecule has 0 spiro atoms. The normalized spacial score (nSPS) is 42.4. The Labute approximate surface area is 226 Å². The topological polar surface area (TPSA) is 74.6 Å². The summed E-state index contributed by atoms with van der Waals surface area (Å²) in [5.41, 5.74) is 0.542. The van der Waals surface area contributed by atoms with E-state index < -0.39 is 17.5 Å². The SMILES string of the molecule is CC(C)CCC[C@@H](C)[C@H]1CC[C@H]2[C@@H]3C(C=O)C=C4C[C@@H](O)CC(CC(C)(C)C(=O)O)[C@]4(C)[C@H]3CC[C@]12C. The lowest BCUT2D eigenvalue weighted by molar-refractivity contribution is -0.150. The van der Waals surface area contributed by atoms with Crippen molar-refractivity contribution in [2.24, 2.45) is 63.6 Å². The van der Waals surface area contributed by atoms with Crippen LogP contribution in [0.25, 0.3) is 0 Å². The summed E-state index contributed by atoms with van der Waals surface area (Å²) in [6.07, 6.45) is 13.6. The van der Waals surface area contributed by atoms with Crippen molar-refractivity contribution in [2.75, 3.05) is 0 Å². The molecule has 0 radical (unpaired) electrons. The fraction of sp³-hybridized carbons (Fsp3) is 0.879. The molecule has 3 saturated carbocycles. The van der Waals surface area contributed by atoms with Crippen LogP contribution in [0.3, 0.4) is 0 Å². The van der Waals surface area contributed by atoms with Crippen molar-refractivity contribution < 1.29 is 19.8 Å². The fourth-order valence-electron chi connectivity index (χ4n) is 10.1. The first-order valence-corrected chi connectivity index (χ1v) is 15.3. The molecule has 0 aromatic heterocycles. The minimum atomic E-state index is -0.833. The standard InChI is InChI=1S/C33H54O4/c1-20(2)9-8-10-21(3)26-11-12-27-29-22(19-34)15-23-16-25(35)17-24(18-31(4,5)30(36)37)33(23,7)28(29)13-14-32(26,27)6/h15,19-22,24-29,35H,8-14,16-18H2,1-7H3,(H,36,37)/t21-,22?,24?,25-,26-,27+,28+,29+,32-,33-/m1/s1. The van der Waals surface area contributed by atoms with E-state index in [2.05, 4.69) is 40.7 Å². The number of aliphatic carboxylic acids is 1. The predicted octanol–water partition coefficient (Wildman–Crippen LogP) is 7.54. The van der Waals surface area contributed by atoms with Crippen LogP contribution < -0.4 is 0 Å². The molecule has 2 unspecified atom stereocenters. The fourth-order valence-corrected chi connectivity index (χ4v) is 10.1. The summed E-state index contributed by atoms with van der Waals surface area (Å²) >= 11 is 0. The number of carbonyl (C=O) groups is 2. The van der Waals surface area contributed by atoms with E-state index in [9.17, 15) is 19.8 Å². The van der Waals surface area contributed by atoms with Crippen molar-refractivity contribution in [2.45, 2.75) is 119 Å². The summed E-state index contributed by atoms with van der Waals surface area (Å²) < 4.78 is 0. The number of carboxylic acid groups (broad SMARTS) is 1. The number of hydrogen-bond acceptors (Lipinski definition) is 3. The number of aliphatic hydroxyl groups excluding tert-OH is 1. The van der Waals surface area contributed by atoms with Crippen LogP contribution in [0.4, 0.5) is 0 Å². The van der Waals surface area contributed by atoms with E-state index in [1.165, 1.54) is 50.4 Å². The monoisotopic (exact) mass is 514 g/mol. The van der Waals surface area contributed by atoms with Crippen molar-refractivity contribution in [3.8, 4) is 0 Å². The van der Waals surface area contributed by atoms with Gasteiger partial charge in [0.05, 0.1) is 11.5 Å². The molecule has 210 valence electrons. The maximum Gasteiger partial charge on any atom is 0.309 e. The molecule has 10 atom stereocenters. The van der Waals surface area contributed by atoms with E-state index in [0.29, 0.717) is 37.0 Å². The third-order valence-electron chi connectivity index (χ3n) is 12.2. The zero-order chi connectivity index (χ0) is 27.3. The van der Waals surface area contributed by atoms with E-state index in [1.807, 2.05) is 13.8 Å². The summed E-state index contributed by atoms with van der Waals surface area (Å²) in [6, 6.07) is 0. The number of aldehydes is 1. The van der Waals surface area contributed by atoms with Gasteiger partial charge < -0.3 is 15.0 Å². The van der Waals surface area contributed by atoms with Crippen molar-refractivity contribution >= 4 is 12.3 Å². The molecule has 4 rings (SSSR count). The average molecular weight is 515 g/mol. The predicted molar refractivity (Wildman–Crippen MR) is 149 cm³/mol. The lowest BCUT2D eigenvalue weighted by atomic mass is 9.42. The lowest BCUT2D eigenvalue weighted by Crippen LogP contribution is -2.57. The highest BCUT2D eigenvalue weighted by Gasteiger charge is 2.63. The molecule has 0 aromatic carbocycles. The number of allylic oxidation sites excluding steroid dienone is 1. The highest BCUT2D eigenvalue weighted by molar-refractivity contribution is 5.73. The minimum absolute atomic E-state index is 0.0777. The highest BCUT2D eigenvalue weighted by atomic mass is 16.4. The lowest BCUT2D eigenvalue weighted by Gasteiger charge is -2.62. The maximum absolute atomic E-state index is 12.6. The summed E-state index contributed by atoms with van der Waals surface area (Å²) in [6.45, 7) is 15.7. The van der Waals surface area contributed by atoms with Gasteiger partial charge in [-0.25, -0.2) is 0 Å². The van der Waals surface area contributed by atoms with Crippen LogP contribution in [0, 0.1) is 63.6 Å².